The predicted molar refractivity (Wildman–Crippen MR) is 258 cm³/mol. The number of para-hydroxylation sites is 4. The van der Waals surface area contributed by atoms with Crippen molar-refractivity contribution in [3.05, 3.63) is 143 Å². The van der Waals surface area contributed by atoms with Gasteiger partial charge in [0.25, 0.3) is 0 Å². The average Bonchev–Trinajstić information content (AvgIpc) is 3.84. The van der Waals surface area contributed by atoms with Crippen molar-refractivity contribution in [2.45, 2.75) is 52.7 Å². The molecular weight excluding hydrogens is 839 g/mol. The summed E-state index contributed by atoms with van der Waals surface area (Å²) in [4.78, 5) is 3.82. The van der Waals surface area contributed by atoms with Crippen molar-refractivity contribution < 1.29 is 18.3 Å². The van der Waals surface area contributed by atoms with Gasteiger partial charge >= 0.3 is 0 Å². The first-order valence-corrected chi connectivity index (χ1v) is 21.9. The molecule has 0 radical (unpaired) electrons. The van der Waals surface area contributed by atoms with E-state index in [0.29, 0.717) is 36.0 Å². The first kappa shape index (κ1) is 46.9. The van der Waals surface area contributed by atoms with Gasteiger partial charge in [0, 0.05) is 41.0 Å². The summed E-state index contributed by atoms with van der Waals surface area (Å²) in [5.41, 5.74) is 8.33. The van der Waals surface area contributed by atoms with E-state index in [-0.39, 0.29) is 23.8 Å². The van der Waals surface area contributed by atoms with Crippen molar-refractivity contribution in [3.8, 4) is 22.9 Å². The van der Waals surface area contributed by atoms with E-state index in [2.05, 4.69) is 31.0 Å². The highest BCUT2D eigenvalue weighted by atomic mass is 19.1. The summed E-state index contributed by atoms with van der Waals surface area (Å²) >= 11 is 0. The van der Waals surface area contributed by atoms with E-state index >= 15 is 0 Å². The minimum Gasteiger partial charge on any atom is -0.483 e. The fourth-order valence-electron chi connectivity index (χ4n) is 8.02. The number of aryl methyl sites for hydroxylation is 4. The van der Waals surface area contributed by atoms with Crippen LogP contribution >= 0.6 is 0 Å². The first-order valence-electron chi connectivity index (χ1n) is 21.9. The molecular formula is C50H58F2N12O2. The number of halogens is 2. The van der Waals surface area contributed by atoms with Gasteiger partial charge in [-0.05, 0) is 115 Å². The van der Waals surface area contributed by atoms with Crippen molar-refractivity contribution in [1.82, 2.24) is 50.6 Å². The number of ether oxygens (including phenoxy) is 2. The maximum atomic E-state index is 13.9. The molecule has 0 fully saturated rings. The monoisotopic (exact) mass is 896 g/mol. The van der Waals surface area contributed by atoms with E-state index in [1.165, 1.54) is 24.3 Å². The lowest BCUT2D eigenvalue weighted by Crippen LogP contribution is -2.17. The molecule has 8 rings (SSSR count). The summed E-state index contributed by atoms with van der Waals surface area (Å²) in [5, 5.41) is 35.4. The lowest BCUT2D eigenvalue weighted by molar-refractivity contribution is 0.193. The second kappa shape index (κ2) is 20.9. The highest BCUT2D eigenvalue weighted by molar-refractivity contribution is 5.93. The van der Waals surface area contributed by atoms with Crippen LogP contribution in [-0.2, 0) is 0 Å². The second-order valence-corrected chi connectivity index (χ2v) is 16.5. The van der Waals surface area contributed by atoms with Crippen LogP contribution in [0, 0.1) is 39.3 Å². The summed E-state index contributed by atoms with van der Waals surface area (Å²) in [6.07, 6.45) is 0.738. The number of rotatable bonds is 16. The quantitative estimate of drug-likeness (QED) is 0.0960. The Hall–Kier alpha value is -7.04. The zero-order chi connectivity index (χ0) is 47.1. The van der Waals surface area contributed by atoms with Gasteiger partial charge in [-0.15, -0.1) is 10.2 Å². The van der Waals surface area contributed by atoms with E-state index in [1.54, 1.807) is 12.1 Å². The molecule has 66 heavy (non-hydrogen) atoms. The number of nitrogens with zero attached hydrogens (tertiary/aromatic N) is 10. The molecule has 4 aromatic carbocycles. The second-order valence-electron chi connectivity index (χ2n) is 16.5. The molecule has 0 saturated carbocycles. The van der Waals surface area contributed by atoms with Crippen molar-refractivity contribution in [3.63, 3.8) is 0 Å². The summed E-state index contributed by atoms with van der Waals surface area (Å²) < 4.78 is 44.6. The molecule has 8 aromatic rings. The topological polar surface area (TPSA) is 136 Å². The molecule has 0 saturated heterocycles. The Morgan fingerprint density at radius 1 is 0.545 bits per heavy atom. The van der Waals surface area contributed by atoms with Gasteiger partial charge in [-0.3, -0.25) is 0 Å². The molecule has 344 valence electrons. The van der Waals surface area contributed by atoms with Crippen LogP contribution in [0.1, 0.15) is 59.0 Å². The van der Waals surface area contributed by atoms with Crippen LogP contribution < -0.4 is 29.9 Å². The maximum Gasteiger partial charge on any atom is 0.179 e. The van der Waals surface area contributed by atoms with Crippen LogP contribution in [0.4, 0.5) is 20.4 Å². The molecule has 2 N–H and O–H groups in total. The van der Waals surface area contributed by atoms with E-state index < -0.39 is 0 Å². The zero-order valence-electron chi connectivity index (χ0n) is 39.3. The molecule has 0 aliphatic rings. The fraction of sp³-hybridized carbons (Fsp3) is 0.320. The highest BCUT2D eigenvalue weighted by Crippen LogP contribution is 2.36. The Morgan fingerprint density at radius 2 is 0.939 bits per heavy atom. The lowest BCUT2D eigenvalue weighted by atomic mass is 10.1. The average molecular weight is 897 g/mol. The number of aromatic nitrogens is 8. The highest BCUT2D eigenvalue weighted by Gasteiger charge is 2.24. The van der Waals surface area contributed by atoms with E-state index in [9.17, 15) is 8.78 Å². The molecule has 0 amide bonds. The van der Waals surface area contributed by atoms with E-state index in [4.69, 9.17) is 19.7 Å². The number of hydrogen-bond donors (Lipinski definition) is 2. The first-order chi connectivity index (χ1) is 31.8. The number of benzene rings is 4. The molecule has 16 heteroatoms. The van der Waals surface area contributed by atoms with Crippen molar-refractivity contribution in [2.24, 2.45) is 0 Å². The number of nitrogens with one attached hydrogen (secondary N) is 2. The normalized spacial score (nSPS) is 12.2. The van der Waals surface area contributed by atoms with Gasteiger partial charge in [0.05, 0.1) is 33.5 Å². The van der Waals surface area contributed by atoms with E-state index in [0.717, 1.165) is 80.2 Å². The van der Waals surface area contributed by atoms with E-state index in [1.807, 2.05) is 150 Å². The fourth-order valence-corrected chi connectivity index (χ4v) is 8.02. The smallest absolute Gasteiger partial charge is 0.179 e. The van der Waals surface area contributed by atoms with Gasteiger partial charge in [-0.25, -0.2) is 18.1 Å². The van der Waals surface area contributed by atoms with Crippen LogP contribution in [0.3, 0.4) is 0 Å². The maximum absolute atomic E-state index is 13.9. The number of fused-ring (bicyclic) bond motifs is 2. The molecule has 4 heterocycles. The minimum atomic E-state index is -0.318. The van der Waals surface area contributed by atoms with Gasteiger partial charge < -0.3 is 29.9 Å². The van der Waals surface area contributed by atoms with Crippen molar-refractivity contribution in [2.75, 3.05) is 65.2 Å². The Kier molecular flexibility index (Phi) is 14.8. The predicted octanol–water partition coefficient (Wildman–Crippen LogP) is 8.73. The number of hydrogen-bond acceptors (Lipinski definition) is 12. The molecule has 4 aromatic heterocycles. The molecule has 0 aliphatic carbocycles. The molecule has 0 spiro atoms. The summed E-state index contributed by atoms with van der Waals surface area (Å²) in [6.45, 7) is 9.38. The summed E-state index contributed by atoms with van der Waals surface area (Å²) in [7, 11) is 11.5. The number of anilines is 2. The van der Waals surface area contributed by atoms with Gasteiger partial charge in [0.1, 0.15) is 57.7 Å². The molecule has 0 aliphatic heterocycles. The zero-order valence-corrected chi connectivity index (χ0v) is 39.3. The Morgan fingerprint density at radius 3 is 1.30 bits per heavy atom. The summed E-state index contributed by atoms with van der Waals surface area (Å²) in [5.74, 6) is 2.21. The van der Waals surface area contributed by atoms with Crippen LogP contribution in [0.2, 0.25) is 0 Å². The van der Waals surface area contributed by atoms with Gasteiger partial charge in [-0.2, -0.15) is 20.4 Å². The molecule has 0 bridgehead atoms. The van der Waals surface area contributed by atoms with Crippen molar-refractivity contribution in [1.29, 1.82) is 0 Å². The standard InChI is InChI=1S/2C25H29FN6O/c2*1-16-23-17(2)32(30-24(23)25(29-28-16)31(4)5)20-11-6-7-12-22(20)33-21(13-14-27-3)18-9-8-10-19(26)15-18/h2*6-12,15,21,27H,13-14H2,1-5H3/t2*21-/m10/s1. The van der Waals surface area contributed by atoms with Crippen molar-refractivity contribution >= 4 is 33.4 Å². The Labute approximate surface area is 384 Å². The lowest BCUT2D eigenvalue weighted by Gasteiger charge is -2.22. The third-order valence-corrected chi connectivity index (χ3v) is 11.3. The molecule has 2 atom stereocenters. The molecule has 14 nitrogen and oxygen atoms in total. The largest absolute Gasteiger partial charge is 0.483 e. The van der Waals surface area contributed by atoms with Crippen LogP contribution in [0.15, 0.2) is 97.1 Å². The molecule has 0 unspecified atom stereocenters. The Balaban J connectivity index is 0.000000196. The minimum absolute atomic E-state index is 0.278. The van der Waals surface area contributed by atoms with Gasteiger partial charge in [0.2, 0.25) is 0 Å². The summed E-state index contributed by atoms with van der Waals surface area (Å²) in [6, 6.07) is 28.7. The van der Waals surface area contributed by atoms with Crippen LogP contribution in [-0.4, -0.2) is 95.3 Å². The van der Waals surface area contributed by atoms with Crippen LogP contribution in [0.5, 0.6) is 11.5 Å². The Bertz CT molecular complexity index is 2740. The van der Waals surface area contributed by atoms with Gasteiger partial charge in [-0.1, -0.05) is 48.5 Å². The SMILES string of the molecule is CNCC[C@@H](Oc1ccccc1-n1nc2c(N(C)C)nnc(C)c2c1C)c1cccc(F)c1.CNCC[C@H](Oc1ccccc1-n1nc2c(N(C)C)nnc(C)c2c1C)c1cccc(F)c1. The third kappa shape index (κ3) is 10.1. The van der Waals surface area contributed by atoms with Crippen LogP contribution in [0.25, 0.3) is 33.2 Å². The third-order valence-electron chi connectivity index (χ3n) is 11.3. The van der Waals surface area contributed by atoms with Gasteiger partial charge in [0.15, 0.2) is 11.6 Å².